The molecule has 1 aromatic carbocycles. The molecular weight excluding hydrogens is 274 g/mol. The van der Waals surface area contributed by atoms with Crippen molar-refractivity contribution in [3.63, 3.8) is 0 Å². The molecule has 0 spiro atoms. The molecular formula is C14H19N3O4. The lowest BCUT2D eigenvalue weighted by molar-refractivity contribution is -0.115. The summed E-state index contributed by atoms with van der Waals surface area (Å²) in [7, 11) is 4.63. The van der Waals surface area contributed by atoms with E-state index in [1.165, 1.54) is 0 Å². The van der Waals surface area contributed by atoms with Crippen LogP contribution in [0.5, 0.6) is 17.2 Å². The summed E-state index contributed by atoms with van der Waals surface area (Å²) < 4.78 is 15.8. The maximum absolute atomic E-state index is 11.6. The number of carbonyl (C=O) groups is 1. The molecule has 0 radical (unpaired) electrons. The summed E-state index contributed by atoms with van der Waals surface area (Å²) in [6.45, 7) is 0.696. The monoisotopic (exact) mass is 293 g/mol. The van der Waals surface area contributed by atoms with Crippen molar-refractivity contribution in [3.8, 4) is 17.2 Å². The fourth-order valence-corrected chi connectivity index (χ4v) is 2.06. The number of nitrogens with one attached hydrogen (secondary N) is 2. The zero-order valence-corrected chi connectivity index (χ0v) is 12.4. The van der Waals surface area contributed by atoms with Crippen LogP contribution in [0, 0.1) is 0 Å². The number of hydrogen-bond donors (Lipinski definition) is 2. The molecule has 1 fully saturated rings. The summed E-state index contributed by atoms with van der Waals surface area (Å²) >= 11 is 0. The lowest BCUT2D eigenvalue weighted by Gasteiger charge is -2.15. The molecule has 7 heteroatoms. The number of hydrogen-bond acceptors (Lipinski definition) is 6. The van der Waals surface area contributed by atoms with E-state index in [1.807, 2.05) is 0 Å². The molecule has 2 rings (SSSR count). The molecule has 2 N–H and O–H groups in total. The minimum Gasteiger partial charge on any atom is -0.493 e. The SMILES string of the molecule is COc1cc(N/N=C2/CCCNC2=O)cc(OC)c1OC. The van der Waals surface area contributed by atoms with Gasteiger partial charge in [0, 0.05) is 18.7 Å². The molecule has 1 aliphatic rings. The number of carbonyl (C=O) groups excluding carboxylic acids is 1. The predicted molar refractivity (Wildman–Crippen MR) is 79.4 cm³/mol. The Balaban J connectivity index is 2.24. The second-order valence-electron chi connectivity index (χ2n) is 4.44. The Morgan fingerprint density at radius 3 is 2.33 bits per heavy atom. The summed E-state index contributed by atoms with van der Waals surface area (Å²) in [6.07, 6.45) is 1.55. The van der Waals surface area contributed by atoms with Crippen molar-refractivity contribution < 1.29 is 19.0 Å². The topological polar surface area (TPSA) is 81.2 Å². The van der Waals surface area contributed by atoms with Crippen molar-refractivity contribution in [3.05, 3.63) is 12.1 Å². The third kappa shape index (κ3) is 3.36. The van der Waals surface area contributed by atoms with Crippen molar-refractivity contribution in [2.45, 2.75) is 12.8 Å². The minimum absolute atomic E-state index is 0.138. The number of hydrazone groups is 1. The van der Waals surface area contributed by atoms with E-state index in [0.29, 0.717) is 41.6 Å². The molecule has 21 heavy (non-hydrogen) atoms. The van der Waals surface area contributed by atoms with Crippen molar-refractivity contribution in [1.82, 2.24) is 5.32 Å². The van der Waals surface area contributed by atoms with Crippen LogP contribution in [-0.2, 0) is 4.79 Å². The summed E-state index contributed by atoms with van der Waals surface area (Å²) in [4.78, 5) is 11.6. The fraction of sp³-hybridized carbons (Fsp3) is 0.429. The third-order valence-electron chi connectivity index (χ3n) is 3.12. The molecule has 1 aliphatic heterocycles. The van der Waals surface area contributed by atoms with Crippen molar-refractivity contribution in [2.24, 2.45) is 5.10 Å². The molecule has 0 atom stereocenters. The molecule has 1 amide bonds. The van der Waals surface area contributed by atoms with Gasteiger partial charge in [0.25, 0.3) is 5.91 Å². The average Bonchev–Trinajstić information content (AvgIpc) is 2.52. The van der Waals surface area contributed by atoms with Gasteiger partial charge in [-0.15, -0.1) is 0 Å². The van der Waals surface area contributed by atoms with Crippen LogP contribution in [0.2, 0.25) is 0 Å². The normalized spacial score (nSPS) is 16.3. The first-order valence-electron chi connectivity index (χ1n) is 6.60. The first-order chi connectivity index (χ1) is 10.2. The van der Waals surface area contributed by atoms with Gasteiger partial charge in [0.05, 0.1) is 27.0 Å². The molecule has 0 saturated carbocycles. The lowest BCUT2D eigenvalue weighted by atomic mass is 10.1. The van der Waals surface area contributed by atoms with Crippen LogP contribution in [-0.4, -0.2) is 39.5 Å². The van der Waals surface area contributed by atoms with E-state index in [9.17, 15) is 4.79 Å². The van der Waals surface area contributed by atoms with Crippen molar-refractivity contribution >= 4 is 17.3 Å². The Morgan fingerprint density at radius 2 is 1.81 bits per heavy atom. The molecule has 0 aliphatic carbocycles. The largest absolute Gasteiger partial charge is 0.493 e. The Bertz CT molecular complexity index is 532. The second kappa shape index (κ2) is 6.83. The number of methoxy groups -OCH3 is 3. The quantitative estimate of drug-likeness (QED) is 0.802. The minimum atomic E-state index is -0.138. The number of benzene rings is 1. The number of ether oxygens (including phenoxy) is 3. The van der Waals surface area contributed by atoms with Crippen LogP contribution in [0.1, 0.15) is 12.8 Å². The fourth-order valence-electron chi connectivity index (χ4n) is 2.06. The van der Waals surface area contributed by atoms with Gasteiger partial charge in [-0.2, -0.15) is 5.10 Å². The van der Waals surface area contributed by atoms with E-state index in [-0.39, 0.29) is 5.91 Å². The molecule has 1 heterocycles. The first kappa shape index (κ1) is 15.0. The highest BCUT2D eigenvalue weighted by Crippen LogP contribution is 2.39. The van der Waals surface area contributed by atoms with Crippen molar-refractivity contribution in [2.75, 3.05) is 33.3 Å². The van der Waals surface area contributed by atoms with Gasteiger partial charge in [-0.3, -0.25) is 10.2 Å². The van der Waals surface area contributed by atoms with Gasteiger partial charge >= 0.3 is 0 Å². The van der Waals surface area contributed by atoms with Gasteiger partial charge in [0.1, 0.15) is 5.71 Å². The van der Waals surface area contributed by atoms with Crippen LogP contribution in [0.25, 0.3) is 0 Å². The molecule has 7 nitrogen and oxygen atoms in total. The number of anilines is 1. The van der Waals surface area contributed by atoms with Crippen LogP contribution in [0.15, 0.2) is 17.2 Å². The number of piperidine rings is 1. The predicted octanol–water partition coefficient (Wildman–Crippen LogP) is 1.39. The van der Waals surface area contributed by atoms with E-state index in [1.54, 1.807) is 33.5 Å². The zero-order chi connectivity index (χ0) is 15.2. The smallest absolute Gasteiger partial charge is 0.267 e. The van der Waals surface area contributed by atoms with E-state index < -0.39 is 0 Å². The highest BCUT2D eigenvalue weighted by atomic mass is 16.5. The van der Waals surface area contributed by atoms with Crippen molar-refractivity contribution in [1.29, 1.82) is 0 Å². The van der Waals surface area contributed by atoms with Crippen LogP contribution >= 0.6 is 0 Å². The Kier molecular flexibility index (Phi) is 4.86. The summed E-state index contributed by atoms with van der Waals surface area (Å²) in [6, 6.07) is 3.46. The van der Waals surface area contributed by atoms with Crippen LogP contribution in [0.3, 0.4) is 0 Å². The van der Waals surface area contributed by atoms with E-state index in [0.717, 1.165) is 6.42 Å². The number of rotatable bonds is 5. The molecule has 0 bridgehead atoms. The summed E-state index contributed by atoms with van der Waals surface area (Å²) in [5.41, 5.74) is 3.99. The van der Waals surface area contributed by atoms with Crippen LogP contribution < -0.4 is 25.0 Å². The Hall–Kier alpha value is -2.44. The Morgan fingerprint density at radius 1 is 1.14 bits per heavy atom. The number of nitrogens with zero attached hydrogens (tertiary/aromatic N) is 1. The van der Waals surface area contributed by atoms with Gasteiger partial charge in [-0.1, -0.05) is 0 Å². The maximum Gasteiger partial charge on any atom is 0.267 e. The van der Waals surface area contributed by atoms with Crippen LogP contribution in [0.4, 0.5) is 5.69 Å². The van der Waals surface area contributed by atoms with Gasteiger partial charge in [0.15, 0.2) is 11.5 Å². The lowest BCUT2D eigenvalue weighted by Crippen LogP contribution is -2.37. The first-order valence-corrected chi connectivity index (χ1v) is 6.60. The van der Waals surface area contributed by atoms with E-state index >= 15 is 0 Å². The summed E-state index contributed by atoms with van der Waals surface area (Å²) in [5, 5.41) is 6.90. The third-order valence-corrected chi connectivity index (χ3v) is 3.12. The standard InChI is InChI=1S/C14H19N3O4/c1-19-11-7-9(8-12(20-2)13(11)21-3)16-17-10-5-4-6-15-14(10)18/h7-8,16H,4-6H2,1-3H3,(H,15,18)/b17-10-. The highest BCUT2D eigenvalue weighted by molar-refractivity contribution is 6.39. The van der Waals surface area contributed by atoms with Gasteiger partial charge in [-0.05, 0) is 12.8 Å². The zero-order valence-electron chi connectivity index (χ0n) is 12.4. The molecule has 1 saturated heterocycles. The molecule has 1 aromatic rings. The van der Waals surface area contributed by atoms with E-state index in [2.05, 4.69) is 15.8 Å². The number of amides is 1. The van der Waals surface area contributed by atoms with E-state index in [4.69, 9.17) is 14.2 Å². The van der Waals surface area contributed by atoms with Gasteiger partial charge in [-0.25, -0.2) is 0 Å². The average molecular weight is 293 g/mol. The Labute approximate surface area is 123 Å². The van der Waals surface area contributed by atoms with Gasteiger partial charge < -0.3 is 19.5 Å². The van der Waals surface area contributed by atoms with Gasteiger partial charge in [0.2, 0.25) is 5.75 Å². The molecule has 114 valence electrons. The molecule has 0 aromatic heterocycles. The maximum atomic E-state index is 11.6. The summed E-state index contributed by atoms with van der Waals surface area (Å²) in [5.74, 6) is 1.41. The highest BCUT2D eigenvalue weighted by Gasteiger charge is 2.17. The molecule has 0 unspecified atom stereocenters. The second-order valence-corrected chi connectivity index (χ2v) is 4.44.